The lowest BCUT2D eigenvalue weighted by molar-refractivity contribution is 0.00690. The SMILES string of the molecule is COC(=O)c1nc(N(CC(CO[Si](C)(C)C(C)(C)C)N2CCOCC2)c2cc(C)c(/N=c3\sc4ccccc4n3COCC[Si](C)(C)C)nn2)sc1CCCOc1ccc(C#CCN(C)C(=O)OC(C)(C)C)cc1F. The van der Waals surface area contributed by atoms with E-state index in [-0.39, 0.29) is 35.7 Å². The van der Waals surface area contributed by atoms with Crippen molar-refractivity contribution in [1.82, 2.24) is 29.5 Å². The predicted molar refractivity (Wildman–Crippen MR) is 302 cm³/mol. The lowest BCUT2D eigenvalue weighted by Crippen LogP contribution is -2.53. The molecule has 0 bridgehead atoms. The van der Waals surface area contributed by atoms with Crippen molar-refractivity contribution in [2.45, 2.75) is 123 Å². The Labute approximate surface area is 452 Å². The van der Waals surface area contributed by atoms with Crippen molar-refractivity contribution in [3.05, 3.63) is 80.8 Å². The Bertz CT molecular complexity index is 2870. The molecule has 0 spiro atoms. The second kappa shape index (κ2) is 25.9. The molecule has 0 saturated carbocycles. The Morgan fingerprint density at radius 1 is 0.987 bits per heavy atom. The molecule has 21 heteroatoms. The predicted octanol–water partition coefficient (Wildman–Crippen LogP) is 10.8. The van der Waals surface area contributed by atoms with E-state index in [9.17, 15) is 9.59 Å². The number of carbonyl (C=O) groups is 2. The second-order valence-corrected chi connectivity index (χ2v) is 34.9. The molecule has 16 nitrogen and oxygen atoms in total. The fourth-order valence-corrected chi connectivity index (χ4v) is 11.4. The Morgan fingerprint density at radius 2 is 1.72 bits per heavy atom. The lowest BCUT2D eigenvalue weighted by atomic mass is 10.2. The number of hydrogen-bond donors (Lipinski definition) is 0. The fraction of sp³-hybridized carbons (Fsp3) is 0.556. The van der Waals surface area contributed by atoms with E-state index in [0.29, 0.717) is 79.8 Å². The van der Waals surface area contributed by atoms with Crippen LogP contribution >= 0.6 is 22.7 Å². The van der Waals surface area contributed by atoms with Crippen LogP contribution in [0.2, 0.25) is 43.8 Å². The summed E-state index contributed by atoms with van der Waals surface area (Å²) < 4.78 is 54.1. The normalized spacial score (nSPS) is 14.4. The smallest absolute Gasteiger partial charge is 0.410 e. The van der Waals surface area contributed by atoms with Gasteiger partial charge in [-0.2, -0.15) is 4.99 Å². The van der Waals surface area contributed by atoms with E-state index in [1.807, 2.05) is 30.0 Å². The summed E-state index contributed by atoms with van der Waals surface area (Å²) in [6.07, 6.45) is 0.342. The highest BCUT2D eigenvalue weighted by Crippen LogP contribution is 2.38. The van der Waals surface area contributed by atoms with E-state index >= 15 is 4.39 Å². The molecule has 1 atom stereocenters. The average molecular weight is 1110 g/mol. The molecule has 6 rings (SSSR count). The lowest BCUT2D eigenvalue weighted by Gasteiger charge is -2.41. The maximum atomic E-state index is 15.3. The molecular weight excluding hydrogens is 1030 g/mol. The summed E-state index contributed by atoms with van der Waals surface area (Å²) in [6, 6.07) is 15.6. The van der Waals surface area contributed by atoms with E-state index in [1.165, 1.54) is 35.5 Å². The molecule has 0 aliphatic carbocycles. The van der Waals surface area contributed by atoms with Crippen molar-refractivity contribution in [1.29, 1.82) is 0 Å². The van der Waals surface area contributed by atoms with Crippen LogP contribution in [0, 0.1) is 24.6 Å². The van der Waals surface area contributed by atoms with Gasteiger partial charge in [-0.25, -0.2) is 19.0 Å². The summed E-state index contributed by atoms with van der Waals surface area (Å²) >= 11 is 2.95. The number of hydrogen-bond acceptors (Lipinski definition) is 16. The van der Waals surface area contributed by atoms with Gasteiger partial charge in [0, 0.05) is 57.8 Å². The van der Waals surface area contributed by atoms with Gasteiger partial charge in [-0.05, 0) is 107 Å². The number of para-hydroxylation sites is 1. The van der Waals surface area contributed by atoms with E-state index in [2.05, 4.69) is 86.9 Å². The van der Waals surface area contributed by atoms with Crippen molar-refractivity contribution in [2.75, 3.05) is 78.3 Å². The summed E-state index contributed by atoms with van der Waals surface area (Å²) in [7, 11) is -0.537. The summed E-state index contributed by atoms with van der Waals surface area (Å²) in [5, 5.41) is 10.2. The average Bonchev–Trinajstić information content (AvgIpc) is 3.92. The van der Waals surface area contributed by atoms with Crippen LogP contribution in [0.25, 0.3) is 10.2 Å². The van der Waals surface area contributed by atoms with E-state index in [4.69, 9.17) is 48.3 Å². The van der Waals surface area contributed by atoms with E-state index in [1.54, 1.807) is 45.2 Å². The summed E-state index contributed by atoms with van der Waals surface area (Å²) in [4.78, 5) is 43.1. The van der Waals surface area contributed by atoms with Crippen LogP contribution in [0.5, 0.6) is 5.75 Å². The Hall–Kier alpha value is -5.06. The van der Waals surface area contributed by atoms with Crippen LogP contribution in [-0.2, 0) is 36.5 Å². The van der Waals surface area contributed by atoms with Crippen LogP contribution in [0.3, 0.4) is 0 Å². The van der Waals surface area contributed by atoms with Crippen molar-refractivity contribution in [3.63, 3.8) is 0 Å². The third-order valence-electron chi connectivity index (χ3n) is 12.9. The van der Waals surface area contributed by atoms with Crippen LogP contribution in [0.15, 0.2) is 53.5 Å². The Morgan fingerprint density at radius 3 is 2.39 bits per heavy atom. The zero-order valence-corrected chi connectivity index (χ0v) is 50.1. The minimum atomic E-state index is -2.18. The first-order valence-corrected chi connectivity index (χ1v) is 33.8. The number of methoxy groups -OCH3 is 1. The van der Waals surface area contributed by atoms with Gasteiger partial charge in [-0.3, -0.25) is 14.4 Å². The first-order valence-electron chi connectivity index (χ1n) is 25.5. The Kier molecular flexibility index (Phi) is 20.4. The molecule has 0 radical (unpaired) electrons. The highest BCUT2D eigenvalue weighted by molar-refractivity contribution is 7.16. The molecule has 1 saturated heterocycles. The van der Waals surface area contributed by atoms with Gasteiger partial charge in [-0.1, -0.05) is 75.7 Å². The van der Waals surface area contributed by atoms with Crippen molar-refractivity contribution in [2.24, 2.45) is 4.99 Å². The third kappa shape index (κ3) is 17.0. The highest BCUT2D eigenvalue weighted by Gasteiger charge is 2.39. The van der Waals surface area contributed by atoms with Gasteiger partial charge in [0.1, 0.15) is 12.3 Å². The first kappa shape index (κ1) is 59.2. The van der Waals surface area contributed by atoms with Gasteiger partial charge in [0.05, 0.1) is 50.3 Å². The number of nitrogens with zero attached hydrogens (tertiary/aromatic N) is 8. The molecule has 1 unspecified atom stereocenters. The molecule has 3 aromatic heterocycles. The van der Waals surface area contributed by atoms with Crippen molar-refractivity contribution < 1.29 is 42.1 Å². The topological polar surface area (TPSA) is 155 Å². The first-order chi connectivity index (χ1) is 35.3. The molecular formula is C54H77FN8O8S2Si2. The van der Waals surface area contributed by atoms with Gasteiger partial charge >= 0.3 is 12.1 Å². The maximum Gasteiger partial charge on any atom is 0.410 e. The monoisotopic (exact) mass is 1100 g/mol. The third-order valence-corrected chi connectivity index (χ3v) is 21.3. The molecule has 408 valence electrons. The summed E-state index contributed by atoms with van der Waals surface area (Å²) in [5.74, 6) is 5.74. The largest absolute Gasteiger partial charge is 0.491 e. The van der Waals surface area contributed by atoms with Gasteiger partial charge in [-0.15, -0.1) is 21.5 Å². The molecule has 1 aliphatic heterocycles. The molecule has 1 fully saturated rings. The van der Waals surface area contributed by atoms with Gasteiger partial charge in [0.15, 0.2) is 47.1 Å². The molecule has 4 heterocycles. The number of thiazole rings is 2. The number of ether oxygens (including phenoxy) is 5. The van der Waals surface area contributed by atoms with Crippen LogP contribution in [-0.4, -0.2) is 143 Å². The number of benzene rings is 2. The fourth-order valence-electron chi connectivity index (χ4n) is 7.44. The van der Waals surface area contributed by atoms with E-state index in [0.717, 1.165) is 39.7 Å². The molecule has 75 heavy (non-hydrogen) atoms. The van der Waals surface area contributed by atoms with Gasteiger partial charge < -0.3 is 33.0 Å². The minimum absolute atomic E-state index is 0.00681. The van der Waals surface area contributed by atoms with Crippen molar-refractivity contribution >= 4 is 78.1 Å². The quantitative estimate of drug-likeness (QED) is 0.0296. The molecule has 5 aromatic rings. The van der Waals surface area contributed by atoms with Crippen LogP contribution < -0.4 is 14.4 Å². The second-order valence-electron chi connectivity index (χ2n) is 22.4. The van der Waals surface area contributed by atoms with Crippen molar-refractivity contribution in [3.8, 4) is 17.6 Å². The van der Waals surface area contributed by atoms with Crippen LogP contribution in [0.1, 0.15) is 74.5 Å². The maximum absolute atomic E-state index is 15.3. The number of fused-ring (bicyclic) bond motifs is 1. The number of aromatic nitrogens is 4. The highest BCUT2D eigenvalue weighted by atomic mass is 32.1. The van der Waals surface area contributed by atoms with E-state index < -0.39 is 39.9 Å². The van der Waals surface area contributed by atoms with Crippen LogP contribution in [0.4, 0.5) is 26.0 Å². The number of halogens is 1. The molecule has 1 aliphatic rings. The molecule has 2 aromatic carbocycles. The zero-order valence-electron chi connectivity index (χ0n) is 46.4. The number of rotatable bonds is 21. The number of aryl methyl sites for hydroxylation is 2. The number of carbonyl (C=O) groups excluding carboxylic acids is 2. The number of morpholine rings is 1. The minimum Gasteiger partial charge on any atom is -0.491 e. The number of esters is 1. The zero-order chi connectivity index (χ0) is 54.7. The van der Waals surface area contributed by atoms with Gasteiger partial charge in [0.2, 0.25) is 0 Å². The Balaban J connectivity index is 1.29. The summed E-state index contributed by atoms with van der Waals surface area (Å²) in [6.45, 7) is 30.4. The standard InChI is InChI=1S/C54H77FN8O8S2Si2/c1-38-33-46(58-59-48(38)57-51-63(37-68-31-32-74(10,11)12)42-20-15-16-21-44(42)72-51)62(35-40(61-26-29-67-30-27-61)36-70-75(13,14)54(5,6)7)50-56-47(49(64)66-9)45(73-50)22-18-28-69-43-24-23-39(34-41(43)55)19-17-25-60(8)52(65)71-53(2,3)4/h15-16,20-21,23-24,33-34,40H,18,22,25-32,35-37H2,1-14H3/b57-51-. The molecule has 0 N–H and O–H groups in total. The summed E-state index contributed by atoms with van der Waals surface area (Å²) in [5.41, 5.74) is 1.83. The molecule has 1 amide bonds. The van der Waals surface area contributed by atoms with Gasteiger partial charge in [0.25, 0.3) is 0 Å². The number of amides is 1. The number of anilines is 2.